The van der Waals surface area contributed by atoms with Gasteiger partial charge in [-0.2, -0.15) is 0 Å². The third kappa shape index (κ3) is 1.93. The van der Waals surface area contributed by atoms with Crippen LogP contribution in [0.5, 0.6) is 0 Å². The fraction of sp³-hybridized carbons (Fsp3) is 0.500. The Morgan fingerprint density at radius 2 is 1.62 bits per heavy atom. The summed E-state index contributed by atoms with van der Waals surface area (Å²) >= 11 is 0. The molecule has 0 N–H and O–H groups in total. The Hall–Kier alpha value is -1.04. The number of benzene rings is 1. The van der Waals surface area contributed by atoms with Gasteiger partial charge in [0.05, 0.1) is 0 Å². The number of rotatable bonds is 1. The third-order valence-electron chi connectivity index (χ3n) is 4.36. The summed E-state index contributed by atoms with van der Waals surface area (Å²) in [4.78, 5) is 0. The molecule has 0 aliphatic heterocycles. The SMILES string of the molecule is C1=C(c2ccccc2)C[C@@H]2CCCC[C@H]2C1. The average Bonchev–Trinajstić information content (AvgIpc) is 2.39. The van der Waals surface area contributed by atoms with Gasteiger partial charge in [0.2, 0.25) is 0 Å². The second kappa shape index (κ2) is 4.45. The highest BCUT2D eigenvalue weighted by molar-refractivity contribution is 5.66. The molecule has 1 aromatic carbocycles. The molecule has 0 aromatic heterocycles. The molecule has 3 rings (SSSR count). The van der Waals surface area contributed by atoms with E-state index in [9.17, 15) is 0 Å². The zero-order chi connectivity index (χ0) is 10.8. The number of fused-ring (bicyclic) bond motifs is 1. The van der Waals surface area contributed by atoms with Crippen LogP contribution in [0.1, 0.15) is 44.1 Å². The van der Waals surface area contributed by atoms with Gasteiger partial charge >= 0.3 is 0 Å². The molecule has 84 valence electrons. The molecule has 0 spiro atoms. The predicted molar refractivity (Wildman–Crippen MR) is 69.1 cm³/mol. The Morgan fingerprint density at radius 3 is 2.44 bits per heavy atom. The highest BCUT2D eigenvalue weighted by Gasteiger charge is 2.28. The first kappa shape index (κ1) is 10.1. The van der Waals surface area contributed by atoms with Crippen LogP contribution in [0, 0.1) is 11.8 Å². The lowest BCUT2D eigenvalue weighted by Gasteiger charge is -2.35. The van der Waals surface area contributed by atoms with Crippen molar-refractivity contribution < 1.29 is 0 Å². The van der Waals surface area contributed by atoms with Crippen LogP contribution in [0.25, 0.3) is 5.57 Å². The van der Waals surface area contributed by atoms with Gasteiger partial charge in [-0.25, -0.2) is 0 Å². The van der Waals surface area contributed by atoms with Gasteiger partial charge in [-0.3, -0.25) is 0 Å². The maximum Gasteiger partial charge on any atom is -0.0228 e. The molecule has 0 heterocycles. The molecule has 0 bridgehead atoms. The fourth-order valence-electron chi connectivity index (χ4n) is 3.41. The molecule has 2 atom stereocenters. The first-order valence-electron chi connectivity index (χ1n) is 6.68. The summed E-state index contributed by atoms with van der Waals surface area (Å²) < 4.78 is 0. The van der Waals surface area contributed by atoms with Gasteiger partial charge in [0.1, 0.15) is 0 Å². The van der Waals surface area contributed by atoms with E-state index < -0.39 is 0 Å². The molecule has 1 fully saturated rings. The molecular formula is C16H20. The van der Waals surface area contributed by atoms with Crippen LogP contribution in [-0.2, 0) is 0 Å². The van der Waals surface area contributed by atoms with Crippen molar-refractivity contribution in [1.82, 2.24) is 0 Å². The number of allylic oxidation sites excluding steroid dienone is 2. The molecule has 16 heavy (non-hydrogen) atoms. The molecule has 2 aliphatic rings. The minimum Gasteiger partial charge on any atom is -0.0804 e. The minimum absolute atomic E-state index is 0.981. The molecule has 0 radical (unpaired) electrons. The van der Waals surface area contributed by atoms with Crippen molar-refractivity contribution in [3.8, 4) is 0 Å². The number of hydrogen-bond acceptors (Lipinski definition) is 0. The molecule has 1 aromatic rings. The first-order valence-corrected chi connectivity index (χ1v) is 6.68. The Kier molecular flexibility index (Phi) is 2.82. The van der Waals surface area contributed by atoms with Crippen molar-refractivity contribution >= 4 is 5.57 Å². The van der Waals surface area contributed by atoms with Gasteiger partial charge in [-0.05, 0) is 48.7 Å². The summed E-state index contributed by atoms with van der Waals surface area (Å²) in [7, 11) is 0. The quantitative estimate of drug-likeness (QED) is 0.634. The van der Waals surface area contributed by atoms with E-state index in [0.29, 0.717) is 0 Å². The lowest BCUT2D eigenvalue weighted by molar-refractivity contribution is 0.235. The van der Waals surface area contributed by atoms with Gasteiger partial charge < -0.3 is 0 Å². The highest BCUT2D eigenvalue weighted by Crippen LogP contribution is 2.42. The fourth-order valence-corrected chi connectivity index (χ4v) is 3.41. The molecular weight excluding hydrogens is 192 g/mol. The average molecular weight is 212 g/mol. The van der Waals surface area contributed by atoms with Crippen molar-refractivity contribution in [3.05, 3.63) is 42.0 Å². The standard InChI is InChI=1S/C16H20/c1-2-6-13(7-3-1)16-11-10-14-8-4-5-9-15(14)12-16/h1-3,6-7,11,14-15H,4-5,8-10,12H2/t14-,15-/m0/s1. The van der Waals surface area contributed by atoms with Crippen LogP contribution in [0.3, 0.4) is 0 Å². The van der Waals surface area contributed by atoms with E-state index in [2.05, 4.69) is 36.4 Å². The summed E-state index contributed by atoms with van der Waals surface area (Å²) in [6.07, 6.45) is 11.0. The Balaban J connectivity index is 1.81. The van der Waals surface area contributed by atoms with Crippen LogP contribution >= 0.6 is 0 Å². The third-order valence-corrected chi connectivity index (χ3v) is 4.36. The predicted octanol–water partition coefficient (Wildman–Crippen LogP) is 4.67. The van der Waals surface area contributed by atoms with Gasteiger partial charge in [0.15, 0.2) is 0 Å². The summed E-state index contributed by atoms with van der Waals surface area (Å²) in [5, 5.41) is 0. The topological polar surface area (TPSA) is 0 Å². The van der Waals surface area contributed by atoms with Gasteiger partial charge in [-0.1, -0.05) is 49.2 Å². The van der Waals surface area contributed by atoms with E-state index in [-0.39, 0.29) is 0 Å². The Bertz CT molecular complexity index is 374. The number of hydrogen-bond donors (Lipinski definition) is 0. The normalized spacial score (nSPS) is 29.4. The van der Waals surface area contributed by atoms with Gasteiger partial charge in [0, 0.05) is 0 Å². The smallest absolute Gasteiger partial charge is 0.0228 e. The zero-order valence-electron chi connectivity index (χ0n) is 9.86. The molecule has 0 heteroatoms. The minimum atomic E-state index is 0.981. The lowest BCUT2D eigenvalue weighted by atomic mass is 9.70. The van der Waals surface area contributed by atoms with E-state index in [1.54, 1.807) is 5.57 Å². The summed E-state index contributed by atoms with van der Waals surface area (Å²) in [5.41, 5.74) is 3.05. The van der Waals surface area contributed by atoms with E-state index >= 15 is 0 Å². The monoisotopic (exact) mass is 212 g/mol. The molecule has 2 aliphatic carbocycles. The maximum absolute atomic E-state index is 2.50. The van der Waals surface area contributed by atoms with Crippen LogP contribution in [0.4, 0.5) is 0 Å². The maximum atomic E-state index is 2.50. The largest absolute Gasteiger partial charge is 0.0804 e. The van der Waals surface area contributed by atoms with Crippen molar-refractivity contribution in [2.75, 3.05) is 0 Å². The second-order valence-electron chi connectivity index (χ2n) is 5.34. The molecule has 1 saturated carbocycles. The summed E-state index contributed by atoms with van der Waals surface area (Å²) in [6, 6.07) is 10.9. The molecule has 0 unspecified atom stereocenters. The molecule has 0 saturated heterocycles. The van der Waals surface area contributed by atoms with E-state index in [0.717, 1.165) is 11.8 Å². The van der Waals surface area contributed by atoms with Gasteiger partial charge in [0.25, 0.3) is 0 Å². The van der Waals surface area contributed by atoms with Crippen LogP contribution < -0.4 is 0 Å². The Labute approximate surface area is 98.4 Å². The van der Waals surface area contributed by atoms with Crippen LogP contribution in [0.2, 0.25) is 0 Å². The Morgan fingerprint density at radius 1 is 0.875 bits per heavy atom. The summed E-state index contributed by atoms with van der Waals surface area (Å²) in [5.74, 6) is 1.98. The van der Waals surface area contributed by atoms with Crippen LogP contribution in [0.15, 0.2) is 36.4 Å². The van der Waals surface area contributed by atoms with E-state index in [4.69, 9.17) is 0 Å². The van der Waals surface area contributed by atoms with Gasteiger partial charge in [-0.15, -0.1) is 0 Å². The molecule has 0 nitrogen and oxygen atoms in total. The van der Waals surface area contributed by atoms with Crippen molar-refractivity contribution in [2.24, 2.45) is 11.8 Å². The lowest BCUT2D eigenvalue weighted by Crippen LogP contribution is -2.22. The first-order chi connectivity index (χ1) is 7.93. The van der Waals surface area contributed by atoms with Crippen molar-refractivity contribution in [2.45, 2.75) is 38.5 Å². The zero-order valence-corrected chi connectivity index (χ0v) is 9.86. The van der Waals surface area contributed by atoms with Crippen LogP contribution in [-0.4, -0.2) is 0 Å². The van der Waals surface area contributed by atoms with Crippen molar-refractivity contribution in [3.63, 3.8) is 0 Å². The highest BCUT2D eigenvalue weighted by atomic mass is 14.3. The second-order valence-corrected chi connectivity index (χ2v) is 5.34. The molecule has 0 amide bonds. The van der Waals surface area contributed by atoms with E-state index in [1.807, 2.05) is 0 Å². The van der Waals surface area contributed by atoms with E-state index in [1.165, 1.54) is 44.1 Å². The van der Waals surface area contributed by atoms with Crippen molar-refractivity contribution in [1.29, 1.82) is 0 Å². The summed E-state index contributed by atoms with van der Waals surface area (Å²) in [6.45, 7) is 0.